The summed E-state index contributed by atoms with van der Waals surface area (Å²) in [6.45, 7) is 4.93. The number of nitriles is 1. The first-order valence-electron chi connectivity index (χ1n) is 11.6. The molecular weight excluding hydrogens is 464 g/mol. The molecule has 2 aliphatic rings. The SMILES string of the molecule is CN1Cc2cc(Nc3ncc(C#N)c(Nc4ccc(F)c(P(C)(C)=O)n4)n3)cc3c2C(CCC3)C1. The van der Waals surface area contributed by atoms with Crippen LogP contribution in [0, 0.1) is 17.1 Å². The van der Waals surface area contributed by atoms with Crippen molar-refractivity contribution in [3.63, 3.8) is 0 Å². The number of rotatable bonds is 5. The molecule has 8 nitrogen and oxygen atoms in total. The Bertz CT molecular complexity index is 1400. The Morgan fingerprint density at radius 3 is 2.77 bits per heavy atom. The number of hydrogen-bond acceptors (Lipinski definition) is 8. The second-order valence-electron chi connectivity index (χ2n) is 9.66. The third kappa shape index (κ3) is 4.77. The van der Waals surface area contributed by atoms with Crippen LogP contribution in [0.25, 0.3) is 0 Å². The van der Waals surface area contributed by atoms with Crippen LogP contribution < -0.4 is 16.1 Å². The predicted octanol–water partition coefficient (Wildman–Crippen LogP) is 4.48. The molecule has 1 aliphatic heterocycles. The van der Waals surface area contributed by atoms with Crippen molar-refractivity contribution in [3.05, 3.63) is 58.5 Å². The molecule has 0 saturated heterocycles. The van der Waals surface area contributed by atoms with Gasteiger partial charge in [0.1, 0.15) is 30.0 Å². The van der Waals surface area contributed by atoms with E-state index in [1.165, 1.54) is 61.2 Å². The third-order valence-electron chi connectivity index (χ3n) is 6.48. The van der Waals surface area contributed by atoms with Gasteiger partial charge in [-0.15, -0.1) is 0 Å². The average Bonchev–Trinajstić information content (AvgIpc) is 2.79. The highest BCUT2D eigenvalue weighted by Crippen LogP contribution is 2.40. The van der Waals surface area contributed by atoms with Crippen LogP contribution in [0.5, 0.6) is 0 Å². The molecule has 0 saturated carbocycles. The topological polar surface area (TPSA) is 107 Å². The van der Waals surface area contributed by atoms with Gasteiger partial charge in [-0.05, 0) is 86.5 Å². The molecule has 5 rings (SSSR count). The number of nitrogens with zero attached hydrogens (tertiary/aromatic N) is 5. The smallest absolute Gasteiger partial charge is 0.229 e. The van der Waals surface area contributed by atoms with Crippen molar-refractivity contribution in [1.82, 2.24) is 19.9 Å². The highest BCUT2D eigenvalue weighted by Gasteiger charge is 2.29. The van der Waals surface area contributed by atoms with E-state index in [4.69, 9.17) is 0 Å². The molecule has 3 aromatic rings. The number of aryl methyl sites for hydroxylation is 1. The van der Waals surface area contributed by atoms with Gasteiger partial charge in [-0.2, -0.15) is 10.2 Å². The van der Waals surface area contributed by atoms with Gasteiger partial charge in [0.05, 0.1) is 6.20 Å². The van der Waals surface area contributed by atoms with Crippen molar-refractivity contribution in [2.24, 2.45) is 0 Å². The first kappa shape index (κ1) is 23.4. The lowest BCUT2D eigenvalue weighted by Crippen LogP contribution is -2.33. The van der Waals surface area contributed by atoms with E-state index in [9.17, 15) is 14.2 Å². The molecule has 3 heterocycles. The normalized spacial score (nSPS) is 17.4. The molecule has 10 heteroatoms. The third-order valence-corrected chi connectivity index (χ3v) is 7.81. The number of aromatic nitrogens is 3. The van der Waals surface area contributed by atoms with Crippen LogP contribution in [0.1, 0.15) is 41.0 Å². The molecule has 0 spiro atoms. The molecule has 0 radical (unpaired) electrons. The molecule has 1 unspecified atom stereocenters. The lowest BCUT2D eigenvalue weighted by Gasteiger charge is -2.37. The first-order valence-corrected chi connectivity index (χ1v) is 14.2. The van der Waals surface area contributed by atoms with Gasteiger partial charge in [0.2, 0.25) is 5.95 Å². The molecule has 2 aromatic heterocycles. The highest BCUT2D eigenvalue weighted by atomic mass is 31.2. The van der Waals surface area contributed by atoms with Crippen LogP contribution in [0.3, 0.4) is 0 Å². The van der Waals surface area contributed by atoms with Crippen LogP contribution >= 0.6 is 7.14 Å². The minimum absolute atomic E-state index is 0.0975. The summed E-state index contributed by atoms with van der Waals surface area (Å²) in [5.74, 6) is 0.779. The summed E-state index contributed by atoms with van der Waals surface area (Å²) >= 11 is 0. The molecular formula is C25H27FN7OP. The Morgan fingerprint density at radius 2 is 2.00 bits per heavy atom. The van der Waals surface area contributed by atoms with Crippen LogP contribution in [0.15, 0.2) is 30.5 Å². The van der Waals surface area contributed by atoms with E-state index in [1.807, 2.05) is 0 Å². The van der Waals surface area contributed by atoms with Gasteiger partial charge in [-0.25, -0.2) is 14.4 Å². The van der Waals surface area contributed by atoms with E-state index >= 15 is 0 Å². The zero-order chi connectivity index (χ0) is 24.7. The van der Waals surface area contributed by atoms with E-state index in [2.05, 4.69) is 55.7 Å². The monoisotopic (exact) mass is 491 g/mol. The average molecular weight is 492 g/mol. The Balaban J connectivity index is 1.45. The fraction of sp³-hybridized carbons (Fsp3) is 0.360. The van der Waals surface area contributed by atoms with Crippen molar-refractivity contribution in [2.75, 3.05) is 37.6 Å². The van der Waals surface area contributed by atoms with Gasteiger partial charge < -0.3 is 20.1 Å². The molecule has 1 atom stereocenters. The highest BCUT2D eigenvalue weighted by molar-refractivity contribution is 7.69. The summed E-state index contributed by atoms with van der Waals surface area (Å²) in [6.07, 6.45) is 4.91. The number of nitrogens with one attached hydrogen (secondary N) is 2. The zero-order valence-electron chi connectivity index (χ0n) is 20.0. The van der Waals surface area contributed by atoms with E-state index in [0.29, 0.717) is 11.9 Å². The molecule has 1 aliphatic carbocycles. The minimum Gasteiger partial charge on any atom is -0.324 e. The van der Waals surface area contributed by atoms with E-state index in [-0.39, 0.29) is 22.6 Å². The second-order valence-corrected chi connectivity index (χ2v) is 12.8. The van der Waals surface area contributed by atoms with Crippen molar-refractivity contribution < 1.29 is 8.96 Å². The predicted molar refractivity (Wildman–Crippen MR) is 135 cm³/mol. The second kappa shape index (κ2) is 9.03. The Kier molecular flexibility index (Phi) is 6.04. The van der Waals surface area contributed by atoms with Crippen LogP contribution in [-0.4, -0.2) is 46.8 Å². The van der Waals surface area contributed by atoms with Gasteiger partial charge in [-0.1, -0.05) is 0 Å². The fourth-order valence-electron chi connectivity index (χ4n) is 5.06. The maximum absolute atomic E-state index is 14.1. The summed E-state index contributed by atoms with van der Waals surface area (Å²) in [6, 6.07) is 9.03. The molecule has 2 N–H and O–H groups in total. The van der Waals surface area contributed by atoms with Gasteiger partial charge in [0.15, 0.2) is 11.6 Å². The zero-order valence-corrected chi connectivity index (χ0v) is 20.9. The Morgan fingerprint density at radius 1 is 1.20 bits per heavy atom. The summed E-state index contributed by atoms with van der Waals surface area (Å²) in [5.41, 5.74) is 5.25. The maximum Gasteiger partial charge on any atom is 0.229 e. The number of anilines is 4. The van der Waals surface area contributed by atoms with Gasteiger partial charge in [0, 0.05) is 18.8 Å². The largest absolute Gasteiger partial charge is 0.324 e. The van der Waals surface area contributed by atoms with Crippen molar-refractivity contribution in [3.8, 4) is 6.07 Å². The molecule has 0 amide bonds. The summed E-state index contributed by atoms with van der Waals surface area (Å²) in [5, 5.41) is 15.8. The number of likely N-dealkylation sites (N-methyl/N-ethyl adjacent to an activating group) is 1. The molecule has 180 valence electrons. The first-order chi connectivity index (χ1) is 16.7. The van der Waals surface area contributed by atoms with Crippen LogP contribution in [-0.2, 0) is 17.5 Å². The minimum atomic E-state index is -2.92. The van der Waals surface area contributed by atoms with E-state index in [0.717, 1.165) is 25.2 Å². The Hall–Kier alpha value is -3.34. The van der Waals surface area contributed by atoms with Crippen LogP contribution in [0.2, 0.25) is 0 Å². The number of halogens is 1. The lowest BCUT2D eigenvalue weighted by molar-refractivity contribution is 0.266. The summed E-state index contributed by atoms with van der Waals surface area (Å²) < 4.78 is 26.5. The lowest BCUT2D eigenvalue weighted by atomic mass is 9.77. The molecule has 0 bridgehead atoms. The number of benzene rings is 1. The Labute approximate surface area is 204 Å². The quantitative estimate of drug-likeness (QED) is 0.503. The molecule has 0 fully saturated rings. The number of pyridine rings is 1. The standard InChI is InChI=1S/C25H27FN7OP/c1-33-13-16-6-4-5-15-9-19(10-17(14-33)22(15)16)29-25-28-12-18(11-27)23(32-25)30-21-8-7-20(26)24(31-21)35(2,3)34/h7-10,12,16H,4-6,13-14H2,1-3H3,(H2,28,29,30,31,32). The van der Waals surface area contributed by atoms with E-state index in [1.54, 1.807) is 0 Å². The molecule has 35 heavy (non-hydrogen) atoms. The fourth-order valence-corrected chi connectivity index (χ4v) is 6.00. The number of hydrogen-bond donors (Lipinski definition) is 2. The summed E-state index contributed by atoms with van der Waals surface area (Å²) in [4.78, 5) is 15.3. The maximum atomic E-state index is 14.1. The van der Waals surface area contributed by atoms with Gasteiger partial charge in [-0.3, -0.25) is 0 Å². The molecule has 1 aromatic carbocycles. The van der Waals surface area contributed by atoms with Crippen molar-refractivity contribution in [1.29, 1.82) is 5.26 Å². The van der Waals surface area contributed by atoms with Crippen LogP contribution in [0.4, 0.5) is 27.7 Å². The van der Waals surface area contributed by atoms with E-state index < -0.39 is 13.0 Å². The van der Waals surface area contributed by atoms with Crippen molar-refractivity contribution in [2.45, 2.75) is 31.7 Å². The van der Waals surface area contributed by atoms with Crippen molar-refractivity contribution >= 4 is 35.8 Å². The van der Waals surface area contributed by atoms with Gasteiger partial charge in [0.25, 0.3) is 0 Å². The van der Waals surface area contributed by atoms with Gasteiger partial charge >= 0.3 is 0 Å². The summed E-state index contributed by atoms with van der Waals surface area (Å²) in [7, 11) is -0.767.